The summed E-state index contributed by atoms with van der Waals surface area (Å²) in [6.45, 7) is 0. The molecule has 1 aromatic rings. The van der Waals surface area contributed by atoms with Gasteiger partial charge in [-0.25, -0.2) is 8.78 Å². The van der Waals surface area contributed by atoms with Crippen LogP contribution in [-0.2, 0) is 4.79 Å². The molecule has 4 nitrogen and oxygen atoms in total. The van der Waals surface area contributed by atoms with Crippen LogP contribution in [0.1, 0.15) is 18.0 Å². The van der Waals surface area contributed by atoms with Crippen molar-refractivity contribution in [2.24, 2.45) is 5.73 Å². The van der Waals surface area contributed by atoms with E-state index in [4.69, 9.17) is 10.8 Å². The molecule has 94 valence electrons. The first-order valence-corrected chi connectivity index (χ1v) is 4.97. The second kappa shape index (κ2) is 5.09. The summed E-state index contributed by atoms with van der Waals surface area (Å²) in [6.07, 6.45) is -0.457. The number of nitrogens with two attached hydrogens (primary N) is 1. The van der Waals surface area contributed by atoms with Crippen LogP contribution in [0.3, 0.4) is 0 Å². The van der Waals surface area contributed by atoms with Gasteiger partial charge in [-0.3, -0.25) is 4.79 Å². The number of nitrogens with zero attached hydrogens (tertiary/aromatic N) is 1. The number of carbonyl (C=O) groups is 1. The van der Waals surface area contributed by atoms with Gasteiger partial charge >= 0.3 is 5.97 Å². The molecule has 0 heterocycles. The normalized spacial score (nSPS) is 12.3. The van der Waals surface area contributed by atoms with Crippen LogP contribution in [-0.4, -0.2) is 25.2 Å². The highest BCUT2D eigenvalue weighted by molar-refractivity contribution is 5.69. The molecule has 0 aliphatic rings. The van der Waals surface area contributed by atoms with Crippen molar-refractivity contribution in [3.8, 4) is 0 Å². The Labute approximate surface area is 97.6 Å². The van der Waals surface area contributed by atoms with E-state index in [1.165, 1.54) is 19.0 Å². The number of hydrogen-bond acceptors (Lipinski definition) is 3. The maximum atomic E-state index is 13.6. The first-order valence-electron chi connectivity index (χ1n) is 4.97. The van der Waals surface area contributed by atoms with Gasteiger partial charge in [-0.2, -0.15) is 0 Å². The maximum Gasteiger partial charge on any atom is 0.305 e. The number of benzene rings is 1. The molecule has 0 aliphatic heterocycles. The van der Waals surface area contributed by atoms with Gasteiger partial charge < -0.3 is 15.7 Å². The van der Waals surface area contributed by atoms with E-state index in [2.05, 4.69) is 0 Å². The SMILES string of the molecule is CN(C)c1c(F)ccc(F)c1C(N)CC(=O)O. The van der Waals surface area contributed by atoms with Crippen molar-refractivity contribution < 1.29 is 18.7 Å². The molecule has 17 heavy (non-hydrogen) atoms. The number of anilines is 1. The molecule has 1 rings (SSSR count). The van der Waals surface area contributed by atoms with Gasteiger partial charge in [0.05, 0.1) is 12.1 Å². The fourth-order valence-electron chi connectivity index (χ4n) is 1.65. The summed E-state index contributed by atoms with van der Waals surface area (Å²) in [5.41, 5.74) is 5.46. The minimum absolute atomic E-state index is 0.0150. The molecule has 0 amide bonds. The predicted molar refractivity (Wildman–Crippen MR) is 59.9 cm³/mol. The van der Waals surface area contributed by atoms with Crippen LogP contribution in [0.5, 0.6) is 0 Å². The van der Waals surface area contributed by atoms with Gasteiger partial charge in [0.1, 0.15) is 11.6 Å². The lowest BCUT2D eigenvalue weighted by Gasteiger charge is -2.22. The van der Waals surface area contributed by atoms with Gasteiger partial charge in [-0.05, 0) is 12.1 Å². The summed E-state index contributed by atoms with van der Waals surface area (Å²) < 4.78 is 27.2. The zero-order valence-electron chi connectivity index (χ0n) is 9.58. The molecule has 0 saturated heterocycles. The highest BCUT2D eigenvalue weighted by Gasteiger charge is 2.22. The number of aliphatic carboxylic acids is 1. The number of halogens is 2. The lowest BCUT2D eigenvalue weighted by atomic mass is 10.0. The van der Waals surface area contributed by atoms with Crippen molar-refractivity contribution >= 4 is 11.7 Å². The lowest BCUT2D eigenvalue weighted by molar-refractivity contribution is -0.137. The smallest absolute Gasteiger partial charge is 0.305 e. The van der Waals surface area contributed by atoms with Crippen molar-refractivity contribution in [3.63, 3.8) is 0 Å². The van der Waals surface area contributed by atoms with Crippen LogP contribution in [0.25, 0.3) is 0 Å². The van der Waals surface area contributed by atoms with Crippen LogP contribution in [0, 0.1) is 11.6 Å². The summed E-state index contributed by atoms with van der Waals surface area (Å²) in [7, 11) is 3.07. The van der Waals surface area contributed by atoms with E-state index in [1.54, 1.807) is 0 Å². The second-order valence-electron chi connectivity index (χ2n) is 3.89. The molecule has 1 atom stereocenters. The molecular weight excluding hydrogens is 230 g/mol. The number of carboxylic acids is 1. The third-order valence-corrected chi connectivity index (χ3v) is 2.33. The van der Waals surface area contributed by atoms with Crippen molar-refractivity contribution in [2.75, 3.05) is 19.0 Å². The van der Waals surface area contributed by atoms with Gasteiger partial charge in [0.25, 0.3) is 0 Å². The third kappa shape index (κ3) is 2.91. The van der Waals surface area contributed by atoms with Crippen molar-refractivity contribution in [1.82, 2.24) is 0 Å². The van der Waals surface area contributed by atoms with Crippen molar-refractivity contribution in [2.45, 2.75) is 12.5 Å². The number of carboxylic acid groups (broad SMARTS) is 1. The standard InChI is InChI=1S/C11H14F2N2O2/c1-15(2)11-7(13)4-3-6(12)10(11)8(14)5-9(16)17/h3-4,8H,5,14H2,1-2H3,(H,16,17). The van der Waals surface area contributed by atoms with Gasteiger partial charge in [-0.1, -0.05) is 0 Å². The molecule has 0 fully saturated rings. The maximum absolute atomic E-state index is 13.6. The molecule has 1 unspecified atom stereocenters. The predicted octanol–water partition coefficient (Wildman–Crippen LogP) is 1.51. The van der Waals surface area contributed by atoms with E-state index in [0.29, 0.717) is 0 Å². The van der Waals surface area contributed by atoms with Crippen molar-refractivity contribution in [1.29, 1.82) is 0 Å². The minimum atomic E-state index is -1.16. The van der Waals surface area contributed by atoms with Gasteiger partial charge in [0, 0.05) is 25.7 Å². The number of hydrogen-bond donors (Lipinski definition) is 2. The Morgan fingerprint density at radius 2 is 1.94 bits per heavy atom. The van der Waals surface area contributed by atoms with Gasteiger partial charge in [0.2, 0.25) is 0 Å². The van der Waals surface area contributed by atoms with Crippen LogP contribution in [0.2, 0.25) is 0 Å². The summed E-state index contributed by atoms with van der Waals surface area (Å²) in [6, 6.07) is 0.849. The van der Waals surface area contributed by atoms with Crippen LogP contribution in [0.4, 0.5) is 14.5 Å². The van der Waals surface area contributed by atoms with Crippen molar-refractivity contribution in [3.05, 3.63) is 29.3 Å². The molecular formula is C11H14F2N2O2. The molecule has 0 spiro atoms. The fourth-order valence-corrected chi connectivity index (χ4v) is 1.65. The molecule has 0 aliphatic carbocycles. The van der Waals surface area contributed by atoms with E-state index < -0.39 is 30.1 Å². The fraction of sp³-hybridized carbons (Fsp3) is 0.364. The highest BCUT2D eigenvalue weighted by atomic mass is 19.1. The van der Waals surface area contributed by atoms with Gasteiger partial charge in [-0.15, -0.1) is 0 Å². The summed E-state index contributed by atoms with van der Waals surface area (Å²) in [4.78, 5) is 11.9. The largest absolute Gasteiger partial charge is 0.481 e. The molecule has 3 N–H and O–H groups in total. The summed E-state index contributed by atoms with van der Waals surface area (Å²) in [5.74, 6) is -2.50. The molecule has 0 aromatic heterocycles. The van der Waals surface area contributed by atoms with E-state index >= 15 is 0 Å². The summed E-state index contributed by atoms with van der Waals surface area (Å²) in [5, 5.41) is 8.63. The Kier molecular flexibility index (Phi) is 4.01. The Bertz CT molecular complexity index is 436. The summed E-state index contributed by atoms with van der Waals surface area (Å²) >= 11 is 0. The third-order valence-electron chi connectivity index (χ3n) is 2.33. The average Bonchev–Trinajstić information content (AvgIpc) is 2.19. The topological polar surface area (TPSA) is 66.6 Å². The molecule has 0 radical (unpaired) electrons. The average molecular weight is 244 g/mol. The monoisotopic (exact) mass is 244 g/mol. The van der Waals surface area contributed by atoms with Crippen LogP contribution in [0.15, 0.2) is 12.1 Å². The van der Waals surface area contributed by atoms with E-state index in [1.807, 2.05) is 0 Å². The Morgan fingerprint density at radius 3 is 2.41 bits per heavy atom. The molecule has 0 bridgehead atoms. The van der Waals surface area contributed by atoms with E-state index in [-0.39, 0.29) is 11.3 Å². The zero-order chi connectivity index (χ0) is 13.2. The second-order valence-corrected chi connectivity index (χ2v) is 3.89. The Balaban J connectivity index is 3.29. The first kappa shape index (κ1) is 13.4. The molecule has 0 saturated carbocycles. The number of rotatable bonds is 4. The lowest BCUT2D eigenvalue weighted by Crippen LogP contribution is -2.22. The molecule has 1 aromatic carbocycles. The highest BCUT2D eigenvalue weighted by Crippen LogP contribution is 2.31. The first-order chi connectivity index (χ1) is 7.84. The molecule has 6 heteroatoms. The Hall–Kier alpha value is -1.69. The van der Waals surface area contributed by atoms with E-state index in [9.17, 15) is 13.6 Å². The zero-order valence-corrected chi connectivity index (χ0v) is 9.58. The van der Waals surface area contributed by atoms with E-state index in [0.717, 1.165) is 12.1 Å². The quantitative estimate of drug-likeness (QED) is 0.842. The van der Waals surface area contributed by atoms with Crippen LogP contribution >= 0.6 is 0 Å². The van der Waals surface area contributed by atoms with Gasteiger partial charge in [0.15, 0.2) is 0 Å². The minimum Gasteiger partial charge on any atom is -0.481 e. The Morgan fingerprint density at radius 1 is 1.41 bits per heavy atom. The van der Waals surface area contributed by atoms with Crippen LogP contribution < -0.4 is 10.6 Å².